The molecule has 208 valence electrons. The number of nitrogens with one attached hydrogen (secondary N) is 1. The third kappa shape index (κ3) is 6.82. The van der Waals surface area contributed by atoms with Gasteiger partial charge in [0.1, 0.15) is 12.6 Å². The number of amides is 2. The molecule has 0 aliphatic carbocycles. The average Bonchev–Trinajstić information content (AvgIpc) is 2.94. The minimum absolute atomic E-state index is 0.00520. The van der Waals surface area contributed by atoms with Crippen molar-refractivity contribution in [2.75, 3.05) is 32.1 Å². The number of carbonyl (C=O) groups is 2. The van der Waals surface area contributed by atoms with Crippen LogP contribution in [0.15, 0.2) is 71.6 Å². The topological polar surface area (TPSA) is 105 Å². The van der Waals surface area contributed by atoms with E-state index in [2.05, 4.69) is 5.32 Å². The Morgan fingerprint density at radius 2 is 1.62 bits per heavy atom. The molecule has 1 unspecified atom stereocenters. The van der Waals surface area contributed by atoms with E-state index < -0.39 is 34.4 Å². The molecule has 0 saturated carbocycles. The van der Waals surface area contributed by atoms with Gasteiger partial charge < -0.3 is 19.7 Å². The Labute approximate surface area is 234 Å². The molecular weight excluding hydrogens is 542 g/mol. The number of anilines is 1. The second-order valence-electron chi connectivity index (χ2n) is 8.77. The van der Waals surface area contributed by atoms with Crippen molar-refractivity contribution in [1.29, 1.82) is 0 Å². The van der Waals surface area contributed by atoms with E-state index in [0.717, 1.165) is 9.87 Å². The van der Waals surface area contributed by atoms with Gasteiger partial charge in [0.05, 0.1) is 24.8 Å². The van der Waals surface area contributed by atoms with Gasteiger partial charge in [0.15, 0.2) is 11.5 Å². The number of hydrogen-bond acceptors (Lipinski definition) is 6. The number of benzene rings is 3. The SMILES string of the molecule is CNC(=O)C(C)N(Cc1ccccc1Cl)C(=O)CN(c1ccc(C)cc1)S(=O)(=O)c1ccc(OC)c(OC)c1. The van der Waals surface area contributed by atoms with Crippen LogP contribution < -0.4 is 19.1 Å². The van der Waals surface area contributed by atoms with Crippen LogP contribution in [0.25, 0.3) is 0 Å². The van der Waals surface area contributed by atoms with Crippen molar-refractivity contribution >= 4 is 39.1 Å². The zero-order valence-electron chi connectivity index (χ0n) is 22.5. The standard InChI is InChI=1S/C28H32ClN3O6S/c1-19-10-12-22(13-11-19)32(39(35,36)23-14-15-25(37-4)26(16-23)38-5)18-27(33)31(20(2)28(34)30-3)17-21-8-6-7-9-24(21)29/h6-16,20H,17-18H2,1-5H3,(H,30,34). The van der Waals surface area contributed by atoms with Crippen LogP contribution in [0.4, 0.5) is 5.69 Å². The van der Waals surface area contributed by atoms with Crippen LogP contribution in [0.5, 0.6) is 11.5 Å². The van der Waals surface area contributed by atoms with Gasteiger partial charge in [-0.05, 0) is 49.7 Å². The van der Waals surface area contributed by atoms with E-state index in [1.807, 2.05) is 6.92 Å². The van der Waals surface area contributed by atoms with E-state index in [1.54, 1.807) is 55.5 Å². The Kier molecular flexibility index (Phi) is 9.82. The molecule has 0 aromatic heterocycles. The number of methoxy groups -OCH3 is 2. The Morgan fingerprint density at radius 3 is 2.21 bits per heavy atom. The lowest BCUT2D eigenvalue weighted by atomic mass is 10.1. The minimum atomic E-state index is -4.26. The maximum absolute atomic E-state index is 14.0. The Bertz CT molecular complexity index is 1430. The lowest BCUT2D eigenvalue weighted by Crippen LogP contribution is -2.50. The van der Waals surface area contributed by atoms with Gasteiger partial charge in [-0.1, -0.05) is 47.5 Å². The number of aryl methyl sites for hydroxylation is 1. The zero-order chi connectivity index (χ0) is 28.7. The molecule has 39 heavy (non-hydrogen) atoms. The first-order valence-corrected chi connectivity index (χ1v) is 13.9. The summed E-state index contributed by atoms with van der Waals surface area (Å²) in [4.78, 5) is 27.6. The molecule has 0 aliphatic rings. The van der Waals surface area contributed by atoms with Crippen LogP contribution in [-0.2, 0) is 26.2 Å². The third-order valence-electron chi connectivity index (χ3n) is 6.26. The summed E-state index contributed by atoms with van der Waals surface area (Å²) in [5.41, 5.74) is 1.82. The molecule has 11 heteroatoms. The molecule has 3 aromatic rings. The predicted octanol–water partition coefficient (Wildman–Crippen LogP) is 4.02. The van der Waals surface area contributed by atoms with E-state index in [-0.39, 0.29) is 22.9 Å². The lowest BCUT2D eigenvalue weighted by molar-refractivity contribution is -0.139. The van der Waals surface area contributed by atoms with Gasteiger partial charge in [-0.15, -0.1) is 0 Å². The average molecular weight is 574 g/mol. The number of sulfonamides is 1. The number of nitrogens with zero attached hydrogens (tertiary/aromatic N) is 2. The summed E-state index contributed by atoms with van der Waals surface area (Å²) in [5.74, 6) is -0.405. The fourth-order valence-corrected chi connectivity index (χ4v) is 5.57. The van der Waals surface area contributed by atoms with Gasteiger partial charge >= 0.3 is 0 Å². The molecular formula is C28H32ClN3O6S. The quantitative estimate of drug-likeness (QED) is 0.371. The van der Waals surface area contributed by atoms with Gasteiger partial charge in [-0.3, -0.25) is 13.9 Å². The number of ether oxygens (including phenoxy) is 2. The molecule has 0 bridgehead atoms. The molecule has 0 aliphatic heterocycles. The van der Waals surface area contributed by atoms with Gasteiger partial charge in [-0.2, -0.15) is 0 Å². The summed E-state index contributed by atoms with van der Waals surface area (Å²) in [6, 6.07) is 17.0. The zero-order valence-corrected chi connectivity index (χ0v) is 24.0. The maximum atomic E-state index is 14.0. The summed E-state index contributed by atoms with van der Waals surface area (Å²) >= 11 is 6.35. The van der Waals surface area contributed by atoms with Gasteiger partial charge in [-0.25, -0.2) is 8.42 Å². The summed E-state index contributed by atoms with van der Waals surface area (Å²) < 4.78 is 39.5. The molecule has 1 N–H and O–H groups in total. The van der Waals surface area contributed by atoms with Crippen LogP contribution >= 0.6 is 11.6 Å². The van der Waals surface area contributed by atoms with Crippen LogP contribution in [0.2, 0.25) is 5.02 Å². The van der Waals surface area contributed by atoms with Crippen molar-refractivity contribution in [1.82, 2.24) is 10.2 Å². The van der Waals surface area contributed by atoms with Crippen molar-refractivity contribution in [2.45, 2.75) is 31.3 Å². The second kappa shape index (κ2) is 12.9. The fourth-order valence-electron chi connectivity index (χ4n) is 3.95. The molecule has 0 fully saturated rings. The van der Waals surface area contributed by atoms with E-state index in [0.29, 0.717) is 16.3 Å². The van der Waals surface area contributed by atoms with Crippen molar-refractivity contribution in [2.24, 2.45) is 0 Å². The summed E-state index contributed by atoms with van der Waals surface area (Å²) in [6.07, 6.45) is 0. The van der Waals surface area contributed by atoms with Crippen molar-refractivity contribution in [3.05, 3.63) is 82.9 Å². The first-order chi connectivity index (χ1) is 18.5. The Balaban J connectivity index is 2.08. The second-order valence-corrected chi connectivity index (χ2v) is 11.0. The highest BCUT2D eigenvalue weighted by Gasteiger charge is 2.33. The molecule has 3 rings (SSSR count). The monoisotopic (exact) mass is 573 g/mol. The van der Waals surface area contributed by atoms with E-state index in [1.165, 1.54) is 44.4 Å². The largest absolute Gasteiger partial charge is 0.493 e. The molecule has 0 radical (unpaired) electrons. The Hall–Kier alpha value is -3.76. The summed E-state index contributed by atoms with van der Waals surface area (Å²) in [6.45, 7) is 2.89. The number of halogens is 1. The van der Waals surface area contributed by atoms with Gasteiger partial charge in [0.2, 0.25) is 11.8 Å². The predicted molar refractivity (Wildman–Crippen MR) is 151 cm³/mol. The first-order valence-electron chi connectivity index (χ1n) is 12.1. The highest BCUT2D eigenvalue weighted by molar-refractivity contribution is 7.92. The van der Waals surface area contributed by atoms with Gasteiger partial charge in [0.25, 0.3) is 10.0 Å². The van der Waals surface area contributed by atoms with E-state index in [9.17, 15) is 18.0 Å². The fraction of sp³-hybridized carbons (Fsp3) is 0.286. The molecule has 9 nitrogen and oxygen atoms in total. The number of likely N-dealkylation sites (N-methyl/N-ethyl adjacent to an activating group) is 1. The van der Waals surface area contributed by atoms with Crippen LogP contribution in [0.1, 0.15) is 18.1 Å². The molecule has 0 saturated heterocycles. The van der Waals surface area contributed by atoms with Crippen molar-refractivity contribution < 1.29 is 27.5 Å². The molecule has 0 heterocycles. The summed E-state index contributed by atoms with van der Waals surface area (Å²) in [5, 5.41) is 2.97. The molecule has 0 spiro atoms. The minimum Gasteiger partial charge on any atom is -0.493 e. The number of carbonyl (C=O) groups excluding carboxylic acids is 2. The van der Waals surface area contributed by atoms with Crippen LogP contribution in [0.3, 0.4) is 0 Å². The number of hydrogen-bond donors (Lipinski definition) is 1. The highest BCUT2D eigenvalue weighted by Crippen LogP contribution is 2.32. The van der Waals surface area contributed by atoms with E-state index in [4.69, 9.17) is 21.1 Å². The lowest BCUT2D eigenvalue weighted by Gasteiger charge is -2.32. The highest BCUT2D eigenvalue weighted by atomic mass is 35.5. The molecule has 2 amide bonds. The normalized spacial score (nSPS) is 11.8. The molecule has 3 aromatic carbocycles. The smallest absolute Gasteiger partial charge is 0.264 e. The van der Waals surface area contributed by atoms with Crippen molar-refractivity contribution in [3.8, 4) is 11.5 Å². The van der Waals surface area contributed by atoms with Crippen LogP contribution in [-0.4, -0.2) is 59.0 Å². The van der Waals surface area contributed by atoms with Gasteiger partial charge in [0, 0.05) is 24.7 Å². The maximum Gasteiger partial charge on any atom is 0.264 e. The van der Waals surface area contributed by atoms with Crippen molar-refractivity contribution in [3.63, 3.8) is 0 Å². The number of rotatable bonds is 11. The summed E-state index contributed by atoms with van der Waals surface area (Å²) in [7, 11) is 0.0613. The van der Waals surface area contributed by atoms with E-state index >= 15 is 0 Å². The molecule has 1 atom stereocenters. The Morgan fingerprint density at radius 1 is 0.974 bits per heavy atom. The first kappa shape index (κ1) is 29.8. The third-order valence-corrected chi connectivity index (χ3v) is 8.39. The van der Waals surface area contributed by atoms with Crippen LogP contribution in [0, 0.1) is 6.92 Å².